The van der Waals surface area contributed by atoms with Crippen LogP contribution in [0.25, 0.3) is 22.2 Å². The quantitative estimate of drug-likeness (QED) is 0.361. The molecule has 4 aromatic rings. The van der Waals surface area contributed by atoms with E-state index in [1.807, 2.05) is 56.3 Å². The summed E-state index contributed by atoms with van der Waals surface area (Å²) in [6, 6.07) is 15.1. The van der Waals surface area contributed by atoms with Crippen LogP contribution >= 0.6 is 0 Å². The van der Waals surface area contributed by atoms with Crippen LogP contribution in [0.3, 0.4) is 0 Å². The molecule has 2 amide bonds. The van der Waals surface area contributed by atoms with E-state index in [1.165, 1.54) is 7.11 Å². The highest BCUT2D eigenvalue weighted by atomic mass is 16.5. The lowest BCUT2D eigenvalue weighted by atomic mass is 9.98. The van der Waals surface area contributed by atoms with Crippen molar-refractivity contribution in [3.63, 3.8) is 0 Å². The molecule has 8 nitrogen and oxygen atoms in total. The Labute approximate surface area is 197 Å². The lowest BCUT2D eigenvalue weighted by molar-refractivity contribution is -0.105. The molecule has 34 heavy (non-hydrogen) atoms. The third-order valence-electron chi connectivity index (χ3n) is 5.86. The number of hydrogen-bond acceptors (Lipinski definition) is 5. The molecule has 1 aromatic heterocycles. The van der Waals surface area contributed by atoms with Crippen LogP contribution in [0.5, 0.6) is 5.75 Å². The lowest BCUT2D eigenvalue weighted by Gasteiger charge is -2.23. The third-order valence-corrected chi connectivity index (χ3v) is 5.86. The third kappa shape index (κ3) is 3.99. The molecule has 0 fully saturated rings. The summed E-state index contributed by atoms with van der Waals surface area (Å²) in [6.45, 7) is 4.24. The van der Waals surface area contributed by atoms with Gasteiger partial charge in [0.1, 0.15) is 5.82 Å². The van der Waals surface area contributed by atoms with Gasteiger partial charge in [-0.2, -0.15) is 0 Å². The maximum Gasteiger partial charge on any atom is 0.260 e. The van der Waals surface area contributed by atoms with Crippen molar-refractivity contribution < 1.29 is 14.3 Å². The zero-order chi connectivity index (χ0) is 24.4. The first-order valence-electron chi connectivity index (χ1n) is 10.8. The summed E-state index contributed by atoms with van der Waals surface area (Å²) in [5, 5.41) is 2.68. The number of aromatic nitrogens is 2. The van der Waals surface area contributed by atoms with Gasteiger partial charge in [-0.05, 0) is 43.7 Å². The largest absolute Gasteiger partial charge is 0.494 e. The minimum Gasteiger partial charge on any atom is -0.494 e. The molecule has 0 saturated carbocycles. The zero-order valence-corrected chi connectivity index (χ0v) is 19.6. The SMILES string of the molecule is COc1c(-c2cccc3[nH]c(CN)nc23)ccc(C(=O)N(C)c2ccc(C)cc2C)c1NC=O. The van der Waals surface area contributed by atoms with Crippen LogP contribution < -0.4 is 20.7 Å². The van der Waals surface area contributed by atoms with Crippen molar-refractivity contribution in [1.29, 1.82) is 0 Å². The van der Waals surface area contributed by atoms with E-state index in [0.29, 0.717) is 34.8 Å². The number of amides is 2. The first kappa shape index (κ1) is 23.0. The Morgan fingerprint density at radius 1 is 1.18 bits per heavy atom. The summed E-state index contributed by atoms with van der Waals surface area (Å²) in [5.74, 6) is 0.760. The van der Waals surface area contributed by atoms with E-state index in [9.17, 15) is 9.59 Å². The van der Waals surface area contributed by atoms with Crippen LogP contribution in [0.2, 0.25) is 0 Å². The van der Waals surface area contributed by atoms with E-state index in [2.05, 4.69) is 15.3 Å². The number of carbonyl (C=O) groups is 2. The molecule has 0 radical (unpaired) electrons. The Balaban J connectivity index is 1.86. The van der Waals surface area contributed by atoms with E-state index in [4.69, 9.17) is 10.5 Å². The fourth-order valence-electron chi connectivity index (χ4n) is 4.26. The monoisotopic (exact) mass is 457 g/mol. The number of anilines is 2. The van der Waals surface area contributed by atoms with Crippen molar-refractivity contribution in [3.05, 3.63) is 71.0 Å². The minimum atomic E-state index is -0.274. The molecule has 3 aromatic carbocycles. The second kappa shape index (κ2) is 9.36. The number of H-pyrrole nitrogens is 1. The van der Waals surface area contributed by atoms with Gasteiger partial charge in [-0.1, -0.05) is 29.8 Å². The number of ether oxygens (including phenoxy) is 1. The number of aromatic amines is 1. The first-order valence-corrected chi connectivity index (χ1v) is 10.8. The molecule has 0 saturated heterocycles. The van der Waals surface area contributed by atoms with Crippen molar-refractivity contribution in [2.45, 2.75) is 20.4 Å². The number of fused-ring (bicyclic) bond motifs is 1. The standard InChI is InChI=1S/C26H27N5O3/c1-15-8-11-21(16(2)12-15)31(3)26(33)19-10-9-18(25(34-4)24(19)28-14-32)17-6-5-7-20-23(17)30-22(13-27)29-20/h5-12,14H,13,27H2,1-4H3,(H,28,32)(H,29,30). The van der Waals surface area contributed by atoms with E-state index < -0.39 is 0 Å². The fraction of sp³-hybridized carbons (Fsp3) is 0.192. The number of nitrogens with one attached hydrogen (secondary N) is 2. The average molecular weight is 458 g/mol. The van der Waals surface area contributed by atoms with E-state index in [0.717, 1.165) is 33.4 Å². The number of benzene rings is 3. The summed E-state index contributed by atoms with van der Waals surface area (Å²) < 4.78 is 5.73. The summed E-state index contributed by atoms with van der Waals surface area (Å²) in [7, 11) is 3.22. The maximum absolute atomic E-state index is 13.5. The van der Waals surface area contributed by atoms with Crippen molar-refractivity contribution in [3.8, 4) is 16.9 Å². The molecule has 0 aliphatic carbocycles. The van der Waals surface area contributed by atoms with Crippen LogP contribution in [-0.4, -0.2) is 36.4 Å². The number of nitrogens with two attached hydrogens (primary N) is 1. The van der Waals surface area contributed by atoms with Crippen molar-refractivity contribution >= 4 is 34.7 Å². The van der Waals surface area contributed by atoms with Gasteiger partial charge in [-0.25, -0.2) is 4.98 Å². The molecule has 0 aliphatic heterocycles. The summed E-state index contributed by atoms with van der Waals surface area (Å²) in [6.07, 6.45) is 0.539. The maximum atomic E-state index is 13.5. The van der Waals surface area contributed by atoms with Crippen LogP contribution in [0, 0.1) is 13.8 Å². The van der Waals surface area contributed by atoms with Gasteiger partial charge in [0.15, 0.2) is 5.75 Å². The highest BCUT2D eigenvalue weighted by Gasteiger charge is 2.24. The second-order valence-corrected chi connectivity index (χ2v) is 8.07. The van der Waals surface area contributed by atoms with Gasteiger partial charge in [-0.3, -0.25) is 9.59 Å². The smallest absolute Gasteiger partial charge is 0.260 e. The molecule has 4 N–H and O–H groups in total. The Morgan fingerprint density at radius 3 is 2.65 bits per heavy atom. The molecule has 174 valence electrons. The topological polar surface area (TPSA) is 113 Å². The first-order chi connectivity index (χ1) is 16.4. The van der Waals surface area contributed by atoms with E-state index in [1.54, 1.807) is 18.0 Å². The van der Waals surface area contributed by atoms with Gasteiger partial charge in [-0.15, -0.1) is 0 Å². The van der Waals surface area contributed by atoms with Crippen LogP contribution in [0.15, 0.2) is 48.5 Å². The summed E-state index contributed by atoms with van der Waals surface area (Å²) >= 11 is 0. The second-order valence-electron chi connectivity index (χ2n) is 8.07. The van der Waals surface area contributed by atoms with Crippen molar-refractivity contribution in [1.82, 2.24) is 9.97 Å². The Bertz CT molecular complexity index is 1390. The molecule has 8 heteroatoms. The molecule has 0 atom stereocenters. The molecule has 4 rings (SSSR count). The van der Waals surface area contributed by atoms with Gasteiger partial charge < -0.3 is 25.7 Å². The Morgan fingerprint density at radius 2 is 1.97 bits per heavy atom. The molecular weight excluding hydrogens is 430 g/mol. The normalized spacial score (nSPS) is 10.9. The number of imidazole rings is 1. The number of methoxy groups -OCH3 is 1. The van der Waals surface area contributed by atoms with Crippen molar-refractivity contribution in [2.24, 2.45) is 5.73 Å². The number of carbonyl (C=O) groups excluding carboxylic acids is 2. The zero-order valence-electron chi connectivity index (χ0n) is 19.6. The van der Waals surface area contributed by atoms with Crippen LogP contribution in [-0.2, 0) is 11.3 Å². The van der Waals surface area contributed by atoms with Crippen LogP contribution in [0.1, 0.15) is 27.3 Å². The Kier molecular flexibility index (Phi) is 6.34. The molecule has 0 unspecified atom stereocenters. The Hall–Kier alpha value is -4.17. The van der Waals surface area contributed by atoms with Gasteiger partial charge in [0.05, 0.1) is 35.9 Å². The van der Waals surface area contributed by atoms with E-state index >= 15 is 0 Å². The predicted octanol–water partition coefficient (Wildman–Crippen LogP) is 4.16. The number of aryl methyl sites for hydroxylation is 2. The summed E-state index contributed by atoms with van der Waals surface area (Å²) in [5.41, 5.74) is 12.3. The number of para-hydroxylation sites is 1. The number of rotatable bonds is 7. The minimum absolute atomic E-state index is 0.274. The average Bonchev–Trinajstić information content (AvgIpc) is 3.27. The highest BCUT2D eigenvalue weighted by Crippen LogP contribution is 2.41. The molecular formula is C26H27N5O3. The molecule has 0 spiro atoms. The van der Waals surface area contributed by atoms with Crippen molar-refractivity contribution in [2.75, 3.05) is 24.4 Å². The number of hydrogen-bond donors (Lipinski definition) is 3. The number of nitrogens with zero attached hydrogens (tertiary/aromatic N) is 2. The van der Waals surface area contributed by atoms with Gasteiger partial charge >= 0.3 is 0 Å². The summed E-state index contributed by atoms with van der Waals surface area (Å²) in [4.78, 5) is 34.4. The van der Waals surface area contributed by atoms with Gasteiger partial charge in [0, 0.05) is 23.9 Å². The van der Waals surface area contributed by atoms with Gasteiger partial charge in [0.2, 0.25) is 6.41 Å². The molecule has 0 aliphatic rings. The highest BCUT2D eigenvalue weighted by molar-refractivity contribution is 6.12. The van der Waals surface area contributed by atoms with Gasteiger partial charge in [0.25, 0.3) is 5.91 Å². The molecule has 0 bridgehead atoms. The van der Waals surface area contributed by atoms with E-state index in [-0.39, 0.29) is 12.5 Å². The van der Waals surface area contributed by atoms with Crippen LogP contribution in [0.4, 0.5) is 11.4 Å². The fourth-order valence-corrected chi connectivity index (χ4v) is 4.26. The predicted molar refractivity (Wildman–Crippen MR) is 134 cm³/mol. The lowest BCUT2D eigenvalue weighted by Crippen LogP contribution is -2.28. The molecule has 1 heterocycles.